The van der Waals surface area contributed by atoms with Gasteiger partial charge in [-0.05, 0) is 26.2 Å². The second kappa shape index (κ2) is 4.58. The first-order chi connectivity index (χ1) is 6.16. The van der Waals surface area contributed by atoms with Crippen LogP contribution in [-0.4, -0.2) is 36.4 Å². The van der Waals surface area contributed by atoms with Gasteiger partial charge in [-0.2, -0.15) is 0 Å². The van der Waals surface area contributed by atoms with E-state index in [4.69, 9.17) is 4.74 Å². The number of carbonyl (C=O) groups is 1. The van der Waals surface area contributed by atoms with Gasteiger partial charge in [-0.25, -0.2) is 0 Å². The first kappa shape index (κ1) is 10.5. The lowest BCUT2D eigenvalue weighted by molar-refractivity contribution is -0.127. The Bertz CT molecular complexity index is 178. The van der Waals surface area contributed by atoms with Crippen LogP contribution in [0, 0.1) is 0 Å². The second-order valence-electron chi connectivity index (χ2n) is 3.49. The van der Waals surface area contributed by atoms with E-state index in [1.54, 1.807) is 0 Å². The summed E-state index contributed by atoms with van der Waals surface area (Å²) in [5, 5.41) is 12.3. The maximum Gasteiger partial charge on any atom is 0.246 e. The van der Waals surface area contributed by atoms with E-state index in [1.165, 1.54) is 0 Å². The van der Waals surface area contributed by atoms with Crippen molar-refractivity contribution in [2.75, 3.05) is 19.8 Å². The highest BCUT2D eigenvalue weighted by atomic mass is 16.5. The highest BCUT2D eigenvalue weighted by Gasteiger charge is 2.34. The first-order valence-electron chi connectivity index (χ1n) is 4.73. The van der Waals surface area contributed by atoms with Gasteiger partial charge in [-0.1, -0.05) is 0 Å². The zero-order valence-corrected chi connectivity index (χ0v) is 8.01. The van der Waals surface area contributed by atoms with E-state index in [2.05, 4.69) is 5.32 Å². The van der Waals surface area contributed by atoms with Crippen LogP contribution in [0.15, 0.2) is 0 Å². The summed E-state index contributed by atoms with van der Waals surface area (Å²) in [5.41, 5.74) is -0.637. The fourth-order valence-electron chi connectivity index (χ4n) is 1.27. The molecule has 1 aliphatic carbocycles. The van der Waals surface area contributed by atoms with E-state index in [0.29, 0.717) is 13.2 Å². The summed E-state index contributed by atoms with van der Waals surface area (Å²) in [6.45, 7) is 2.83. The monoisotopic (exact) mass is 187 g/mol. The summed E-state index contributed by atoms with van der Waals surface area (Å²) in [5.74, 6) is -0.151. The molecule has 0 unspecified atom stereocenters. The number of aliphatic hydroxyl groups is 1. The minimum atomic E-state index is -0.637. The number of hydrogen-bond acceptors (Lipinski definition) is 3. The van der Waals surface area contributed by atoms with E-state index >= 15 is 0 Å². The summed E-state index contributed by atoms with van der Waals surface area (Å²) < 4.78 is 4.92. The molecule has 1 aliphatic rings. The SMILES string of the molecule is CCOCC(=O)NCC1(O)CCC1. The third kappa shape index (κ3) is 3.32. The molecule has 1 amide bonds. The number of hydrogen-bond donors (Lipinski definition) is 2. The highest BCUT2D eigenvalue weighted by Crippen LogP contribution is 2.30. The fourth-order valence-corrected chi connectivity index (χ4v) is 1.27. The number of amides is 1. The Kier molecular flexibility index (Phi) is 3.69. The summed E-state index contributed by atoms with van der Waals surface area (Å²) in [7, 11) is 0. The molecule has 0 aromatic rings. The van der Waals surface area contributed by atoms with Crippen LogP contribution in [-0.2, 0) is 9.53 Å². The summed E-state index contributed by atoms with van der Waals surface area (Å²) in [6, 6.07) is 0. The molecule has 1 rings (SSSR count). The quantitative estimate of drug-likeness (QED) is 0.639. The molecule has 0 radical (unpaired) electrons. The van der Waals surface area contributed by atoms with E-state index in [-0.39, 0.29) is 12.5 Å². The van der Waals surface area contributed by atoms with E-state index in [0.717, 1.165) is 19.3 Å². The van der Waals surface area contributed by atoms with Crippen LogP contribution < -0.4 is 5.32 Å². The van der Waals surface area contributed by atoms with Crippen LogP contribution in [0.3, 0.4) is 0 Å². The van der Waals surface area contributed by atoms with Gasteiger partial charge in [-0.3, -0.25) is 4.79 Å². The normalized spacial score (nSPS) is 19.2. The van der Waals surface area contributed by atoms with Crippen molar-refractivity contribution in [1.82, 2.24) is 5.32 Å². The summed E-state index contributed by atoms with van der Waals surface area (Å²) >= 11 is 0. The Morgan fingerprint density at radius 2 is 2.31 bits per heavy atom. The Hall–Kier alpha value is -0.610. The maximum atomic E-state index is 11.0. The molecular formula is C9H17NO3. The van der Waals surface area contributed by atoms with Crippen molar-refractivity contribution in [2.45, 2.75) is 31.8 Å². The molecule has 0 bridgehead atoms. The van der Waals surface area contributed by atoms with Crippen LogP contribution in [0.2, 0.25) is 0 Å². The molecule has 0 aromatic carbocycles. The van der Waals surface area contributed by atoms with Gasteiger partial charge in [0.15, 0.2) is 0 Å². The first-order valence-corrected chi connectivity index (χ1v) is 4.73. The van der Waals surface area contributed by atoms with Gasteiger partial charge in [0.25, 0.3) is 0 Å². The zero-order chi connectivity index (χ0) is 9.73. The van der Waals surface area contributed by atoms with Crippen LogP contribution in [0.1, 0.15) is 26.2 Å². The Morgan fingerprint density at radius 3 is 2.77 bits per heavy atom. The average Bonchev–Trinajstić information content (AvgIpc) is 2.08. The smallest absolute Gasteiger partial charge is 0.246 e. The van der Waals surface area contributed by atoms with Crippen molar-refractivity contribution < 1.29 is 14.6 Å². The molecule has 1 saturated carbocycles. The largest absolute Gasteiger partial charge is 0.388 e. The molecule has 0 atom stereocenters. The third-order valence-electron chi connectivity index (χ3n) is 2.34. The van der Waals surface area contributed by atoms with Gasteiger partial charge in [0.2, 0.25) is 5.91 Å². The molecule has 0 spiro atoms. The predicted octanol–water partition coefficient (Wildman–Crippen LogP) is 0.0541. The van der Waals surface area contributed by atoms with Crippen molar-refractivity contribution in [2.24, 2.45) is 0 Å². The number of ether oxygens (including phenoxy) is 1. The van der Waals surface area contributed by atoms with Gasteiger partial charge in [0.05, 0.1) is 5.60 Å². The zero-order valence-electron chi connectivity index (χ0n) is 8.01. The van der Waals surface area contributed by atoms with Crippen molar-refractivity contribution in [3.8, 4) is 0 Å². The maximum absolute atomic E-state index is 11.0. The molecule has 4 nitrogen and oxygen atoms in total. The lowest BCUT2D eigenvalue weighted by atomic mass is 9.80. The van der Waals surface area contributed by atoms with Gasteiger partial charge in [0.1, 0.15) is 6.61 Å². The van der Waals surface area contributed by atoms with Gasteiger partial charge in [0, 0.05) is 13.2 Å². The van der Waals surface area contributed by atoms with Crippen LogP contribution >= 0.6 is 0 Å². The molecule has 0 aliphatic heterocycles. The second-order valence-corrected chi connectivity index (χ2v) is 3.49. The fraction of sp³-hybridized carbons (Fsp3) is 0.889. The van der Waals surface area contributed by atoms with Gasteiger partial charge >= 0.3 is 0 Å². The molecule has 76 valence electrons. The number of nitrogens with one attached hydrogen (secondary N) is 1. The van der Waals surface area contributed by atoms with Crippen molar-refractivity contribution in [3.05, 3.63) is 0 Å². The lowest BCUT2D eigenvalue weighted by Crippen LogP contribution is -2.48. The Labute approximate surface area is 78.3 Å². The average molecular weight is 187 g/mol. The van der Waals surface area contributed by atoms with Crippen LogP contribution in [0.4, 0.5) is 0 Å². The molecule has 1 fully saturated rings. The Morgan fingerprint density at radius 1 is 1.62 bits per heavy atom. The highest BCUT2D eigenvalue weighted by molar-refractivity contribution is 5.77. The Balaban J connectivity index is 2.07. The molecule has 0 heterocycles. The van der Waals surface area contributed by atoms with Crippen LogP contribution in [0.5, 0.6) is 0 Å². The van der Waals surface area contributed by atoms with Crippen molar-refractivity contribution in [3.63, 3.8) is 0 Å². The van der Waals surface area contributed by atoms with Crippen molar-refractivity contribution >= 4 is 5.91 Å². The third-order valence-corrected chi connectivity index (χ3v) is 2.34. The number of rotatable bonds is 5. The molecule has 0 aromatic heterocycles. The van der Waals surface area contributed by atoms with Gasteiger partial charge < -0.3 is 15.2 Å². The van der Waals surface area contributed by atoms with Crippen LogP contribution in [0.25, 0.3) is 0 Å². The molecule has 4 heteroatoms. The molecular weight excluding hydrogens is 170 g/mol. The molecule has 13 heavy (non-hydrogen) atoms. The minimum Gasteiger partial charge on any atom is -0.388 e. The van der Waals surface area contributed by atoms with E-state index in [9.17, 15) is 9.90 Å². The van der Waals surface area contributed by atoms with Gasteiger partial charge in [-0.15, -0.1) is 0 Å². The lowest BCUT2D eigenvalue weighted by Gasteiger charge is -2.36. The van der Waals surface area contributed by atoms with Crippen molar-refractivity contribution in [1.29, 1.82) is 0 Å². The van der Waals surface area contributed by atoms with E-state index in [1.807, 2.05) is 6.92 Å². The molecule has 0 saturated heterocycles. The standard InChI is InChI=1S/C9H17NO3/c1-2-13-6-8(11)10-7-9(12)4-3-5-9/h12H,2-7H2,1H3,(H,10,11). The minimum absolute atomic E-state index is 0.0899. The summed E-state index contributed by atoms with van der Waals surface area (Å²) in [4.78, 5) is 11.0. The predicted molar refractivity (Wildman–Crippen MR) is 48.3 cm³/mol. The molecule has 2 N–H and O–H groups in total. The topological polar surface area (TPSA) is 58.6 Å². The summed E-state index contributed by atoms with van der Waals surface area (Å²) in [6.07, 6.45) is 2.64. The van der Waals surface area contributed by atoms with E-state index < -0.39 is 5.60 Å². The number of carbonyl (C=O) groups excluding carboxylic acids is 1.